The Kier molecular flexibility index (Phi) is 5.61. The first-order valence-corrected chi connectivity index (χ1v) is 8.57. The number of ether oxygens (including phenoxy) is 1. The molecule has 1 aromatic carbocycles. The standard InChI is InChI=1S/C20H22N4O3/c1-13-9-19(27-23-13)17-10-21-14(2)22-18(17)11-24(3)20(25)16-7-5-15(6-8-16)12-26-4/h5-10H,11-12H2,1-4H3. The van der Waals surface area contributed by atoms with Gasteiger partial charge in [0.1, 0.15) is 5.82 Å². The van der Waals surface area contributed by atoms with E-state index in [1.807, 2.05) is 32.0 Å². The second-order valence-corrected chi connectivity index (χ2v) is 6.40. The molecule has 3 rings (SSSR count). The maximum absolute atomic E-state index is 12.8. The van der Waals surface area contributed by atoms with Gasteiger partial charge in [-0.05, 0) is 31.5 Å². The van der Waals surface area contributed by atoms with Gasteiger partial charge in [-0.15, -0.1) is 0 Å². The minimum atomic E-state index is -0.0880. The van der Waals surface area contributed by atoms with E-state index in [1.54, 1.807) is 37.4 Å². The minimum absolute atomic E-state index is 0.0880. The largest absolute Gasteiger partial charge is 0.380 e. The van der Waals surface area contributed by atoms with Gasteiger partial charge in [-0.2, -0.15) is 0 Å². The van der Waals surface area contributed by atoms with Gasteiger partial charge in [-0.1, -0.05) is 17.3 Å². The average Bonchev–Trinajstić information content (AvgIpc) is 3.08. The van der Waals surface area contributed by atoms with Crippen LogP contribution in [0.25, 0.3) is 11.3 Å². The quantitative estimate of drug-likeness (QED) is 0.666. The summed E-state index contributed by atoms with van der Waals surface area (Å²) in [6.07, 6.45) is 1.70. The second kappa shape index (κ2) is 8.09. The first-order valence-electron chi connectivity index (χ1n) is 8.57. The van der Waals surface area contributed by atoms with Crippen molar-refractivity contribution in [2.24, 2.45) is 0 Å². The zero-order chi connectivity index (χ0) is 19.4. The fourth-order valence-corrected chi connectivity index (χ4v) is 2.76. The number of benzene rings is 1. The molecule has 0 aliphatic heterocycles. The van der Waals surface area contributed by atoms with Crippen LogP contribution in [-0.4, -0.2) is 40.1 Å². The molecule has 0 N–H and O–H groups in total. The summed E-state index contributed by atoms with van der Waals surface area (Å²) in [6.45, 7) is 4.52. The van der Waals surface area contributed by atoms with Crippen molar-refractivity contribution in [1.82, 2.24) is 20.0 Å². The van der Waals surface area contributed by atoms with Crippen molar-refractivity contribution in [2.75, 3.05) is 14.2 Å². The number of aromatic nitrogens is 3. The molecular weight excluding hydrogens is 344 g/mol. The third kappa shape index (κ3) is 4.38. The van der Waals surface area contributed by atoms with Crippen molar-refractivity contribution in [1.29, 1.82) is 0 Å². The van der Waals surface area contributed by atoms with Crippen LogP contribution >= 0.6 is 0 Å². The summed E-state index contributed by atoms with van der Waals surface area (Å²) in [4.78, 5) is 23.1. The molecule has 3 aromatic rings. The van der Waals surface area contributed by atoms with Gasteiger partial charge < -0.3 is 14.2 Å². The van der Waals surface area contributed by atoms with Crippen LogP contribution in [0.3, 0.4) is 0 Å². The van der Waals surface area contributed by atoms with Gasteiger partial charge in [0.15, 0.2) is 5.76 Å². The van der Waals surface area contributed by atoms with Crippen molar-refractivity contribution in [3.05, 3.63) is 64.9 Å². The van der Waals surface area contributed by atoms with E-state index in [9.17, 15) is 4.79 Å². The number of methoxy groups -OCH3 is 1. The molecule has 1 amide bonds. The van der Waals surface area contributed by atoms with Crippen LogP contribution in [-0.2, 0) is 17.9 Å². The first-order chi connectivity index (χ1) is 13.0. The van der Waals surface area contributed by atoms with E-state index in [2.05, 4.69) is 15.1 Å². The summed E-state index contributed by atoms with van der Waals surface area (Å²) < 4.78 is 10.4. The number of carbonyl (C=O) groups is 1. The summed E-state index contributed by atoms with van der Waals surface area (Å²) >= 11 is 0. The molecule has 0 radical (unpaired) electrons. The fraction of sp³-hybridized carbons (Fsp3) is 0.300. The third-order valence-electron chi connectivity index (χ3n) is 4.13. The maximum Gasteiger partial charge on any atom is 0.253 e. The van der Waals surface area contributed by atoms with E-state index < -0.39 is 0 Å². The zero-order valence-corrected chi connectivity index (χ0v) is 15.9. The van der Waals surface area contributed by atoms with Crippen molar-refractivity contribution >= 4 is 5.91 Å². The summed E-state index contributed by atoms with van der Waals surface area (Å²) in [7, 11) is 3.39. The molecule has 7 heteroatoms. The fourth-order valence-electron chi connectivity index (χ4n) is 2.76. The molecule has 2 aromatic heterocycles. The Morgan fingerprint density at radius 2 is 1.96 bits per heavy atom. The Hall–Kier alpha value is -3.06. The van der Waals surface area contributed by atoms with E-state index in [1.165, 1.54) is 0 Å². The van der Waals surface area contributed by atoms with Crippen LogP contribution in [0.2, 0.25) is 0 Å². The number of aryl methyl sites for hydroxylation is 2. The van der Waals surface area contributed by atoms with Crippen LogP contribution in [0.4, 0.5) is 0 Å². The van der Waals surface area contributed by atoms with E-state index in [4.69, 9.17) is 9.26 Å². The van der Waals surface area contributed by atoms with Crippen LogP contribution < -0.4 is 0 Å². The SMILES string of the molecule is COCc1ccc(C(=O)N(C)Cc2nc(C)ncc2-c2cc(C)no2)cc1. The molecular formula is C20H22N4O3. The lowest BCUT2D eigenvalue weighted by atomic mass is 10.1. The van der Waals surface area contributed by atoms with Crippen LogP contribution in [0, 0.1) is 13.8 Å². The highest BCUT2D eigenvalue weighted by atomic mass is 16.5. The van der Waals surface area contributed by atoms with Crippen molar-refractivity contribution in [3.8, 4) is 11.3 Å². The van der Waals surface area contributed by atoms with Crippen LogP contribution in [0.5, 0.6) is 0 Å². The Morgan fingerprint density at radius 3 is 2.59 bits per heavy atom. The normalized spacial score (nSPS) is 10.8. The van der Waals surface area contributed by atoms with E-state index in [0.29, 0.717) is 36.0 Å². The highest BCUT2D eigenvalue weighted by molar-refractivity contribution is 5.94. The maximum atomic E-state index is 12.8. The van der Waals surface area contributed by atoms with Gasteiger partial charge >= 0.3 is 0 Å². The molecule has 0 aliphatic carbocycles. The molecule has 7 nitrogen and oxygen atoms in total. The molecule has 0 atom stereocenters. The Bertz CT molecular complexity index is 935. The van der Waals surface area contributed by atoms with Gasteiger partial charge in [-0.3, -0.25) is 4.79 Å². The summed E-state index contributed by atoms with van der Waals surface area (Å²) in [5, 5.41) is 3.92. The molecule has 140 valence electrons. The monoisotopic (exact) mass is 366 g/mol. The molecule has 0 spiro atoms. The van der Waals surface area contributed by atoms with Crippen molar-refractivity contribution < 1.29 is 14.1 Å². The number of hydrogen-bond donors (Lipinski definition) is 0. The predicted molar refractivity (Wildman–Crippen MR) is 100.0 cm³/mol. The molecule has 0 bridgehead atoms. The van der Waals surface area contributed by atoms with Gasteiger partial charge in [0.2, 0.25) is 0 Å². The van der Waals surface area contributed by atoms with Crippen LogP contribution in [0.1, 0.15) is 33.1 Å². The molecule has 2 heterocycles. The Labute approximate surface area is 158 Å². The molecule has 0 fully saturated rings. The summed E-state index contributed by atoms with van der Waals surface area (Å²) in [6, 6.07) is 9.22. The van der Waals surface area contributed by atoms with Crippen molar-refractivity contribution in [3.63, 3.8) is 0 Å². The summed E-state index contributed by atoms with van der Waals surface area (Å²) in [5.74, 6) is 1.14. The molecule has 0 saturated heterocycles. The average molecular weight is 366 g/mol. The van der Waals surface area contributed by atoms with Crippen molar-refractivity contribution in [2.45, 2.75) is 27.0 Å². The number of amides is 1. The zero-order valence-electron chi connectivity index (χ0n) is 15.9. The molecule has 0 saturated carbocycles. The lowest BCUT2D eigenvalue weighted by Gasteiger charge is -2.18. The van der Waals surface area contributed by atoms with Gasteiger partial charge in [0.25, 0.3) is 5.91 Å². The van der Waals surface area contributed by atoms with Gasteiger partial charge in [0, 0.05) is 32.0 Å². The highest BCUT2D eigenvalue weighted by Crippen LogP contribution is 2.24. The number of hydrogen-bond acceptors (Lipinski definition) is 6. The topological polar surface area (TPSA) is 81.4 Å². The Morgan fingerprint density at radius 1 is 1.22 bits per heavy atom. The smallest absolute Gasteiger partial charge is 0.253 e. The second-order valence-electron chi connectivity index (χ2n) is 6.40. The molecule has 0 unspecified atom stereocenters. The number of nitrogens with zero attached hydrogens (tertiary/aromatic N) is 4. The lowest BCUT2D eigenvalue weighted by molar-refractivity contribution is 0.0783. The van der Waals surface area contributed by atoms with Gasteiger partial charge in [-0.25, -0.2) is 9.97 Å². The minimum Gasteiger partial charge on any atom is -0.380 e. The third-order valence-corrected chi connectivity index (χ3v) is 4.13. The highest BCUT2D eigenvalue weighted by Gasteiger charge is 2.18. The van der Waals surface area contributed by atoms with E-state index >= 15 is 0 Å². The number of rotatable bonds is 6. The van der Waals surface area contributed by atoms with E-state index in [-0.39, 0.29) is 5.91 Å². The van der Waals surface area contributed by atoms with Crippen LogP contribution in [0.15, 0.2) is 41.1 Å². The summed E-state index contributed by atoms with van der Waals surface area (Å²) in [5.41, 5.74) is 3.85. The predicted octanol–water partition coefficient (Wildman–Crippen LogP) is 3.17. The van der Waals surface area contributed by atoms with E-state index in [0.717, 1.165) is 16.8 Å². The van der Waals surface area contributed by atoms with Gasteiger partial charge in [0.05, 0.1) is 30.1 Å². The Balaban J connectivity index is 1.81. The lowest BCUT2D eigenvalue weighted by Crippen LogP contribution is -2.27. The first kappa shape index (κ1) is 18.7. The molecule has 0 aliphatic rings. The molecule has 27 heavy (non-hydrogen) atoms. The number of carbonyl (C=O) groups excluding carboxylic acids is 1.